The third kappa shape index (κ3) is 4.83. The van der Waals surface area contributed by atoms with Gasteiger partial charge in [0.1, 0.15) is 5.60 Å². The van der Waals surface area contributed by atoms with Crippen LogP contribution in [0.3, 0.4) is 0 Å². The number of hydrogen-bond donors (Lipinski definition) is 0. The SMILES string of the molecule is CN(CC1CCCN(c2c([N+](=O)[O-])ncn2C)C1)C(=O)OC(C)(C)C. The van der Waals surface area contributed by atoms with Crippen LogP contribution in [0.4, 0.5) is 16.4 Å². The zero-order valence-corrected chi connectivity index (χ0v) is 15.6. The Kier molecular flexibility index (Phi) is 5.54. The van der Waals surface area contributed by atoms with Crippen LogP contribution in [0.15, 0.2) is 6.33 Å². The average molecular weight is 353 g/mol. The second-order valence-electron chi connectivity index (χ2n) is 7.57. The lowest BCUT2D eigenvalue weighted by Crippen LogP contribution is -2.43. The number of amides is 1. The number of hydrogen-bond acceptors (Lipinski definition) is 6. The Morgan fingerprint density at radius 1 is 1.52 bits per heavy atom. The van der Waals surface area contributed by atoms with Gasteiger partial charge in [0.25, 0.3) is 0 Å². The van der Waals surface area contributed by atoms with Crippen LogP contribution in [0.25, 0.3) is 0 Å². The second kappa shape index (κ2) is 7.28. The molecule has 0 bridgehead atoms. The maximum absolute atomic E-state index is 12.1. The highest BCUT2D eigenvalue weighted by atomic mass is 16.6. The number of carbonyl (C=O) groups excluding carboxylic acids is 1. The molecule has 0 radical (unpaired) electrons. The van der Waals surface area contributed by atoms with Crippen LogP contribution < -0.4 is 4.90 Å². The molecule has 1 aromatic rings. The van der Waals surface area contributed by atoms with Crippen LogP contribution in [0.1, 0.15) is 33.6 Å². The van der Waals surface area contributed by atoms with Gasteiger partial charge in [-0.25, -0.2) is 4.79 Å². The molecular weight excluding hydrogens is 326 g/mol. The van der Waals surface area contributed by atoms with Gasteiger partial charge in [0, 0.05) is 33.7 Å². The monoisotopic (exact) mass is 353 g/mol. The summed E-state index contributed by atoms with van der Waals surface area (Å²) in [6.45, 7) is 7.45. The van der Waals surface area contributed by atoms with Crippen LogP contribution in [-0.4, -0.2) is 57.8 Å². The number of piperidine rings is 1. The van der Waals surface area contributed by atoms with E-state index in [0.29, 0.717) is 18.9 Å². The summed E-state index contributed by atoms with van der Waals surface area (Å²) < 4.78 is 7.06. The van der Waals surface area contributed by atoms with Crippen molar-refractivity contribution in [1.29, 1.82) is 0 Å². The molecule has 1 aromatic heterocycles. The third-order valence-electron chi connectivity index (χ3n) is 4.12. The van der Waals surface area contributed by atoms with Gasteiger partial charge in [0.2, 0.25) is 12.1 Å². The molecule has 1 atom stereocenters. The minimum Gasteiger partial charge on any atom is -0.444 e. The number of anilines is 1. The summed E-state index contributed by atoms with van der Waals surface area (Å²) >= 11 is 0. The lowest BCUT2D eigenvalue weighted by Gasteiger charge is -2.35. The molecule has 0 aromatic carbocycles. The third-order valence-corrected chi connectivity index (χ3v) is 4.12. The Morgan fingerprint density at radius 2 is 2.20 bits per heavy atom. The van der Waals surface area contributed by atoms with Crippen LogP contribution in [0.5, 0.6) is 0 Å². The lowest BCUT2D eigenvalue weighted by molar-refractivity contribution is -0.388. The number of carbonyl (C=O) groups is 1. The van der Waals surface area contributed by atoms with Gasteiger partial charge in [-0.3, -0.25) is 4.57 Å². The Morgan fingerprint density at radius 3 is 2.80 bits per heavy atom. The molecule has 1 unspecified atom stereocenters. The summed E-state index contributed by atoms with van der Waals surface area (Å²) in [4.78, 5) is 30.3. The summed E-state index contributed by atoms with van der Waals surface area (Å²) in [6, 6.07) is 0. The highest BCUT2D eigenvalue weighted by Crippen LogP contribution is 2.30. The van der Waals surface area contributed by atoms with E-state index in [0.717, 1.165) is 19.4 Å². The molecule has 9 heteroatoms. The summed E-state index contributed by atoms with van der Waals surface area (Å²) in [5, 5.41) is 11.2. The predicted octanol–water partition coefficient (Wildman–Crippen LogP) is 2.41. The number of nitrogens with zero attached hydrogens (tertiary/aromatic N) is 5. The fraction of sp³-hybridized carbons (Fsp3) is 0.750. The highest BCUT2D eigenvalue weighted by Gasteiger charge is 2.31. The highest BCUT2D eigenvalue weighted by molar-refractivity contribution is 5.67. The average Bonchev–Trinajstić information content (AvgIpc) is 2.87. The van der Waals surface area contributed by atoms with Crippen molar-refractivity contribution in [2.45, 2.75) is 39.2 Å². The number of ether oxygens (including phenoxy) is 1. The fourth-order valence-corrected chi connectivity index (χ4v) is 3.11. The molecule has 1 amide bonds. The minimum atomic E-state index is -0.529. The largest absolute Gasteiger partial charge is 0.444 e. The van der Waals surface area contributed by atoms with Crippen LogP contribution in [0, 0.1) is 16.0 Å². The molecule has 0 aliphatic carbocycles. The smallest absolute Gasteiger partial charge is 0.410 e. The molecular formula is C16H27N5O4. The summed E-state index contributed by atoms with van der Waals surface area (Å²) in [5.74, 6) is 0.624. The van der Waals surface area contributed by atoms with Crippen molar-refractivity contribution in [2.24, 2.45) is 13.0 Å². The van der Waals surface area contributed by atoms with E-state index in [4.69, 9.17) is 4.74 Å². The van der Waals surface area contributed by atoms with Crippen molar-refractivity contribution in [3.63, 3.8) is 0 Å². The van der Waals surface area contributed by atoms with Crippen LogP contribution in [0.2, 0.25) is 0 Å². The quantitative estimate of drug-likeness (QED) is 0.609. The first-order valence-corrected chi connectivity index (χ1v) is 8.43. The first-order valence-electron chi connectivity index (χ1n) is 8.43. The number of aryl methyl sites for hydroxylation is 1. The van der Waals surface area contributed by atoms with Crippen molar-refractivity contribution in [2.75, 3.05) is 31.6 Å². The molecule has 1 fully saturated rings. The van der Waals surface area contributed by atoms with Crippen molar-refractivity contribution < 1.29 is 14.5 Å². The van der Waals surface area contributed by atoms with E-state index >= 15 is 0 Å². The standard InChI is InChI=1S/C16H27N5O4/c1-16(2,3)25-15(22)18(4)9-12-7-6-8-20(10-12)14-13(21(23)24)17-11-19(14)5/h11-12H,6-10H2,1-5H3. The summed E-state index contributed by atoms with van der Waals surface area (Å²) in [7, 11) is 3.48. The molecule has 1 saturated heterocycles. The van der Waals surface area contributed by atoms with Gasteiger partial charge in [0.15, 0.2) is 0 Å². The van der Waals surface area contributed by atoms with Gasteiger partial charge in [-0.2, -0.15) is 0 Å². The van der Waals surface area contributed by atoms with Crippen molar-refractivity contribution in [1.82, 2.24) is 14.5 Å². The number of aromatic nitrogens is 2. The Bertz CT molecular complexity index is 637. The number of rotatable bonds is 4. The van der Waals surface area contributed by atoms with Gasteiger partial charge in [-0.15, -0.1) is 0 Å². The molecule has 1 aliphatic rings. The van der Waals surface area contributed by atoms with Crippen molar-refractivity contribution in [3.8, 4) is 0 Å². The van der Waals surface area contributed by atoms with Crippen LogP contribution >= 0.6 is 0 Å². The van der Waals surface area contributed by atoms with Crippen molar-refractivity contribution >= 4 is 17.7 Å². The van der Waals surface area contributed by atoms with Crippen molar-refractivity contribution in [3.05, 3.63) is 16.4 Å². The molecule has 25 heavy (non-hydrogen) atoms. The molecule has 2 rings (SSSR count). The van der Waals surface area contributed by atoms with Gasteiger partial charge in [-0.05, 0) is 49.4 Å². The van der Waals surface area contributed by atoms with E-state index in [1.165, 1.54) is 6.33 Å². The van der Waals surface area contributed by atoms with Gasteiger partial charge in [0.05, 0.1) is 0 Å². The summed E-state index contributed by atoms with van der Waals surface area (Å²) in [6.07, 6.45) is 2.99. The van der Waals surface area contributed by atoms with E-state index in [-0.39, 0.29) is 17.8 Å². The van der Waals surface area contributed by atoms with Gasteiger partial charge >= 0.3 is 11.9 Å². The minimum absolute atomic E-state index is 0.122. The zero-order chi connectivity index (χ0) is 18.8. The van der Waals surface area contributed by atoms with E-state index in [1.807, 2.05) is 25.7 Å². The Balaban J connectivity index is 2.03. The number of imidazole rings is 1. The van der Waals surface area contributed by atoms with Gasteiger partial charge < -0.3 is 24.7 Å². The first kappa shape index (κ1) is 19.0. The molecule has 0 N–H and O–H groups in total. The normalized spacial score (nSPS) is 18.1. The van der Waals surface area contributed by atoms with E-state index in [2.05, 4.69) is 4.98 Å². The first-order chi connectivity index (χ1) is 11.6. The predicted molar refractivity (Wildman–Crippen MR) is 93.7 cm³/mol. The number of nitro groups is 1. The summed E-state index contributed by atoms with van der Waals surface area (Å²) in [5.41, 5.74) is -0.529. The second-order valence-corrected chi connectivity index (χ2v) is 7.57. The lowest BCUT2D eigenvalue weighted by atomic mass is 9.97. The van der Waals surface area contributed by atoms with Gasteiger partial charge in [-0.1, -0.05) is 0 Å². The molecule has 0 saturated carbocycles. The maximum Gasteiger partial charge on any atom is 0.410 e. The molecule has 1 aliphatic heterocycles. The molecule has 0 spiro atoms. The van der Waals surface area contributed by atoms with E-state index < -0.39 is 10.5 Å². The Hall–Kier alpha value is -2.32. The topological polar surface area (TPSA) is 93.7 Å². The van der Waals surface area contributed by atoms with Crippen LogP contribution in [-0.2, 0) is 11.8 Å². The Labute approximate surface area is 147 Å². The molecule has 2 heterocycles. The zero-order valence-electron chi connectivity index (χ0n) is 15.6. The van der Waals surface area contributed by atoms with E-state index in [1.54, 1.807) is 23.6 Å². The van der Waals surface area contributed by atoms with E-state index in [9.17, 15) is 14.9 Å². The molecule has 9 nitrogen and oxygen atoms in total. The fourth-order valence-electron chi connectivity index (χ4n) is 3.11. The molecule has 140 valence electrons. The maximum atomic E-state index is 12.1.